The quantitative estimate of drug-likeness (QED) is 0.157. The highest BCUT2D eigenvalue weighted by Gasteiger charge is 2.36. The predicted octanol–water partition coefficient (Wildman–Crippen LogP) is 14.8. The number of rotatable bonds is 6. The van der Waals surface area contributed by atoms with Crippen molar-refractivity contribution in [1.82, 2.24) is 0 Å². The molecule has 0 atom stereocenters. The van der Waals surface area contributed by atoms with Crippen LogP contribution in [0.2, 0.25) is 0 Å². The van der Waals surface area contributed by atoms with Gasteiger partial charge in [0.1, 0.15) is 0 Å². The molecule has 1 heteroatoms. The van der Waals surface area contributed by atoms with E-state index in [1.807, 2.05) is 0 Å². The van der Waals surface area contributed by atoms with Gasteiger partial charge in [0.2, 0.25) is 0 Å². The second kappa shape index (κ2) is 12.8. The molecule has 9 aromatic carbocycles. The molecule has 0 heterocycles. The van der Waals surface area contributed by atoms with Gasteiger partial charge < -0.3 is 4.90 Å². The Morgan fingerprint density at radius 2 is 0.889 bits per heavy atom. The van der Waals surface area contributed by atoms with Crippen LogP contribution >= 0.6 is 0 Å². The van der Waals surface area contributed by atoms with E-state index < -0.39 is 0 Å². The third-order valence-corrected chi connectivity index (χ3v) is 11.5. The zero-order chi connectivity index (χ0) is 36.2. The molecule has 0 fully saturated rings. The number of hydrogen-bond acceptors (Lipinski definition) is 1. The lowest BCUT2D eigenvalue weighted by atomic mass is 9.82. The van der Waals surface area contributed by atoms with E-state index in [1.54, 1.807) is 0 Å². The largest absolute Gasteiger partial charge is 0.310 e. The minimum Gasteiger partial charge on any atom is -0.310 e. The van der Waals surface area contributed by atoms with Gasteiger partial charge >= 0.3 is 0 Å². The molecule has 0 N–H and O–H groups in total. The summed E-state index contributed by atoms with van der Waals surface area (Å²) in [5.74, 6) is 0. The maximum Gasteiger partial charge on any atom is 0.0546 e. The first-order chi connectivity index (χ1) is 26.5. The highest BCUT2D eigenvalue weighted by molar-refractivity contribution is 6.14. The summed E-state index contributed by atoms with van der Waals surface area (Å²) >= 11 is 0. The molecule has 0 radical (unpaired) electrons. The van der Waals surface area contributed by atoms with Crippen molar-refractivity contribution in [2.75, 3.05) is 4.90 Å². The van der Waals surface area contributed by atoms with Crippen LogP contribution in [0.15, 0.2) is 200 Å². The van der Waals surface area contributed by atoms with Gasteiger partial charge in [0.05, 0.1) is 5.69 Å². The SMILES string of the molecule is CC1(C)c2ccccc2-c2ccc(N(c3ccc(-c4ccccc4)cc3)c3cc(-c4cc5ccccc5c5ccccc45)ccc3-c3ccccc3)cc21. The third-order valence-electron chi connectivity index (χ3n) is 11.5. The first-order valence-electron chi connectivity index (χ1n) is 18.8. The van der Waals surface area contributed by atoms with Crippen LogP contribution in [0.3, 0.4) is 0 Å². The van der Waals surface area contributed by atoms with E-state index in [0.29, 0.717) is 0 Å². The molecular formula is C53H39N. The average molecular weight is 690 g/mol. The molecule has 0 amide bonds. The number of fused-ring (bicyclic) bond motifs is 6. The molecule has 54 heavy (non-hydrogen) atoms. The summed E-state index contributed by atoms with van der Waals surface area (Å²) in [6.45, 7) is 4.72. The lowest BCUT2D eigenvalue weighted by molar-refractivity contribution is 0.660. The van der Waals surface area contributed by atoms with Crippen LogP contribution in [-0.4, -0.2) is 0 Å². The highest BCUT2D eigenvalue weighted by atomic mass is 15.1. The Balaban J connectivity index is 1.23. The van der Waals surface area contributed by atoms with Gasteiger partial charge in [0.25, 0.3) is 0 Å². The van der Waals surface area contributed by atoms with Gasteiger partial charge in [0, 0.05) is 22.4 Å². The van der Waals surface area contributed by atoms with Crippen LogP contribution in [0.4, 0.5) is 17.1 Å². The Kier molecular flexibility index (Phi) is 7.56. The van der Waals surface area contributed by atoms with E-state index in [-0.39, 0.29) is 5.41 Å². The van der Waals surface area contributed by atoms with Gasteiger partial charge in [-0.2, -0.15) is 0 Å². The lowest BCUT2D eigenvalue weighted by Crippen LogP contribution is -2.17. The Bertz CT molecular complexity index is 2830. The van der Waals surface area contributed by atoms with E-state index in [9.17, 15) is 0 Å². The van der Waals surface area contributed by atoms with Crippen molar-refractivity contribution >= 4 is 38.6 Å². The maximum absolute atomic E-state index is 2.48. The molecule has 0 bridgehead atoms. The van der Waals surface area contributed by atoms with Gasteiger partial charge in [-0.15, -0.1) is 0 Å². The van der Waals surface area contributed by atoms with Crippen molar-refractivity contribution in [3.05, 3.63) is 211 Å². The standard InChI is InChI=1S/C53H39N/c1-53(2)50-24-14-13-23-47(50)48-32-30-42(35-51(48)53)54(41-28-25-37(26-29-41)36-15-5-3-6-16-36)52-34-40(27-31-44(52)38-17-7-4-8-18-38)49-33-39-19-9-10-20-43(39)45-21-11-12-22-46(45)49/h3-35H,1-2H3. The first kappa shape index (κ1) is 32.0. The van der Waals surface area contributed by atoms with Gasteiger partial charge in [0.15, 0.2) is 0 Å². The topological polar surface area (TPSA) is 3.24 Å². The summed E-state index contributed by atoms with van der Waals surface area (Å²) in [6, 6.07) is 73.5. The average Bonchev–Trinajstić information content (AvgIpc) is 3.47. The fourth-order valence-corrected chi connectivity index (χ4v) is 8.73. The summed E-state index contributed by atoms with van der Waals surface area (Å²) < 4.78 is 0. The molecule has 10 rings (SSSR count). The van der Waals surface area contributed by atoms with E-state index in [1.165, 1.54) is 77.2 Å². The zero-order valence-electron chi connectivity index (χ0n) is 30.5. The van der Waals surface area contributed by atoms with E-state index in [4.69, 9.17) is 0 Å². The van der Waals surface area contributed by atoms with Crippen molar-refractivity contribution in [3.8, 4) is 44.5 Å². The van der Waals surface area contributed by atoms with Gasteiger partial charge in [-0.05, 0) is 108 Å². The van der Waals surface area contributed by atoms with E-state index in [2.05, 4.69) is 219 Å². The summed E-state index contributed by atoms with van der Waals surface area (Å²) in [6.07, 6.45) is 0. The molecule has 0 saturated heterocycles. The number of nitrogens with zero attached hydrogens (tertiary/aromatic N) is 1. The van der Waals surface area contributed by atoms with Gasteiger partial charge in [-0.1, -0.05) is 178 Å². The molecule has 0 aliphatic heterocycles. The Morgan fingerprint density at radius 3 is 1.67 bits per heavy atom. The number of benzene rings is 9. The van der Waals surface area contributed by atoms with Crippen molar-refractivity contribution in [3.63, 3.8) is 0 Å². The van der Waals surface area contributed by atoms with Crippen molar-refractivity contribution in [2.45, 2.75) is 19.3 Å². The Morgan fingerprint density at radius 1 is 0.333 bits per heavy atom. The van der Waals surface area contributed by atoms with Gasteiger partial charge in [-0.25, -0.2) is 0 Å². The molecule has 0 spiro atoms. The highest BCUT2D eigenvalue weighted by Crippen LogP contribution is 2.52. The number of hydrogen-bond donors (Lipinski definition) is 0. The van der Waals surface area contributed by atoms with Gasteiger partial charge in [-0.3, -0.25) is 0 Å². The lowest BCUT2D eigenvalue weighted by Gasteiger charge is -2.30. The fraction of sp³-hybridized carbons (Fsp3) is 0.0566. The molecule has 256 valence electrons. The van der Waals surface area contributed by atoms with E-state index >= 15 is 0 Å². The van der Waals surface area contributed by atoms with Crippen LogP contribution in [0.25, 0.3) is 66.1 Å². The predicted molar refractivity (Wildman–Crippen MR) is 230 cm³/mol. The molecule has 1 nitrogen and oxygen atoms in total. The molecule has 1 aliphatic rings. The first-order valence-corrected chi connectivity index (χ1v) is 18.8. The maximum atomic E-state index is 2.48. The van der Waals surface area contributed by atoms with Crippen molar-refractivity contribution in [2.24, 2.45) is 0 Å². The van der Waals surface area contributed by atoms with Crippen LogP contribution in [-0.2, 0) is 5.41 Å². The summed E-state index contributed by atoms with van der Waals surface area (Å²) in [5, 5.41) is 5.05. The second-order valence-corrected chi connectivity index (χ2v) is 14.9. The summed E-state index contributed by atoms with van der Waals surface area (Å²) in [5.41, 5.74) is 15.8. The molecule has 0 unspecified atom stereocenters. The van der Waals surface area contributed by atoms with Crippen LogP contribution in [0.1, 0.15) is 25.0 Å². The Labute approximate surface area is 317 Å². The smallest absolute Gasteiger partial charge is 0.0546 e. The summed E-state index contributed by atoms with van der Waals surface area (Å²) in [7, 11) is 0. The minimum atomic E-state index is -0.126. The van der Waals surface area contributed by atoms with Crippen LogP contribution in [0.5, 0.6) is 0 Å². The second-order valence-electron chi connectivity index (χ2n) is 14.9. The molecule has 1 aliphatic carbocycles. The molecule has 0 aromatic heterocycles. The van der Waals surface area contributed by atoms with Crippen LogP contribution < -0.4 is 4.90 Å². The van der Waals surface area contributed by atoms with Crippen molar-refractivity contribution in [1.29, 1.82) is 0 Å². The monoisotopic (exact) mass is 689 g/mol. The molecular weight excluding hydrogens is 651 g/mol. The van der Waals surface area contributed by atoms with E-state index in [0.717, 1.165) is 17.1 Å². The normalized spacial score (nSPS) is 12.8. The van der Waals surface area contributed by atoms with Crippen LogP contribution in [0, 0.1) is 0 Å². The zero-order valence-corrected chi connectivity index (χ0v) is 30.5. The third kappa shape index (κ3) is 5.24. The molecule has 0 saturated carbocycles. The number of anilines is 3. The summed E-state index contributed by atoms with van der Waals surface area (Å²) in [4.78, 5) is 2.48. The Hall–Kier alpha value is -6.70. The fourth-order valence-electron chi connectivity index (χ4n) is 8.73. The molecule has 9 aromatic rings. The van der Waals surface area contributed by atoms with Crippen molar-refractivity contribution < 1.29 is 0 Å². The minimum absolute atomic E-state index is 0.126.